The number of thiophene rings is 1. The van der Waals surface area contributed by atoms with Crippen molar-refractivity contribution in [3.05, 3.63) is 65.0 Å². The zero-order chi connectivity index (χ0) is 28.8. The van der Waals surface area contributed by atoms with Gasteiger partial charge in [0.05, 0.1) is 6.04 Å². The molecule has 2 aromatic carbocycles. The maximum absolute atomic E-state index is 13.8. The second kappa shape index (κ2) is 13.5. The fraction of sp³-hybridized carbons (Fsp3) is 0.469. The Kier molecular flexibility index (Phi) is 9.57. The first-order valence-corrected chi connectivity index (χ1v) is 15.6. The number of aryl methyl sites for hydroxylation is 1. The van der Waals surface area contributed by atoms with Crippen LogP contribution >= 0.6 is 11.3 Å². The first-order valence-electron chi connectivity index (χ1n) is 14.7. The van der Waals surface area contributed by atoms with Gasteiger partial charge in [-0.05, 0) is 78.0 Å². The summed E-state index contributed by atoms with van der Waals surface area (Å²) in [6, 6.07) is 14.2. The summed E-state index contributed by atoms with van der Waals surface area (Å²) >= 11 is 1.66. The van der Waals surface area contributed by atoms with Crippen molar-refractivity contribution in [2.75, 3.05) is 19.7 Å². The van der Waals surface area contributed by atoms with Crippen molar-refractivity contribution >= 4 is 39.1 Å². The van der Waals surface area contributed by atoms with Gasteiger partial charge in [0.2, 0.25) is 17.7 Å². The molecule has 1 saturated carbocycles. The van der Waals surface area contributed by atoms with Crippen molar-refractivity contribution in [1.29, 1.82) is 0 Å². The third-order valence-corrected chi connectivity index (χ3v) is 8.88. The van der Waals surface area contributed by atoms with Gasteiger partial charge in [-0.3, -0.25) is 14.4 Å². The van der Waals surface area contributed by atoms with Crippen molar-refractivity contribution in [2.45, 2.75) is 64.1 Å². The summed E-state index contributed by atoms with van der Waals surface area (Å²) in [5.74, 6) is 0.0544. The molecule has 0 spiro atoms. The van der Waals surface area contributed by atoms with E-state index in [2.05, 4.69) is 38.8 Å². The topological polar surface area (TPSA) is 109 Å². The van der Waals surface area contributed by atoms with Gasteiger partial charge in [-0.25, -0.2) is 0 Å². The van der Waals surface area contributed by atoms with Crippen LogP contribution in [0, 0.1) is 11.8 Å². The van der Waals surface area contributed by atoms with E-state index in [1.807, 2.05) is 50.2 Å². The van der Waals surface area contributed by atoms with Crippen LogP contribution in [-0.4, -0.2) is 55.5 Å². The molecule has 3 amide bonds. The van der Waals surface area contributed by atoms with Crippen LogP contribution < -0.4 is 26.0 Å². The lowest BCUT2D eigenvalue weighted by Crippen LogP contribution is -2.58. The van der Waals surface area contributed by atoms with Crippen LogP contribution in [0.15, 0.2) is 53.9 Å². The van der Waals surface area contributed by atoms with E-state index in [1.165, 1.54) is 4.70 Å². The van der Waals surface area contributed by atoms with Crippen molar-refractivity contribution < 1.29 is 19.1 Å². The van der Waals surface area contributed by atoms with Crippen LogP contribution in [0.3, 0.4) is 0 Å². The van der Waals surface area contributed by atoms with E-state index < -0.39 is 18.1 Å². The smallest absolute Gasteiger partial charge is 0.243 e. The molecule has 3 atom stereocenters. The fourth-order valence-corrected chi connectivity index (χ4v) is 6.35. The average molecular weight is 577 g/mol. The molecule has 2 heterocycles. The molecular weight excluding hydrogens is 536 g/mol. The molecule has 1 aliphatic carbocycles. The molecule has 0 radical (unpaired) electrons. The average Bonchev–Trinajstić information content (AvgIpc) is 3.73. The van der Waals surface area contributed by atoms with E-state index in [1.54, 1.807) is 11.3 Å². The predicted molar refractivity (Wildman–Crippen MR) is 162 cm³/mol. The zero-order valence-electron chi connectivity index (χ0n) is 23.8. The van der Waals surface area contributed by atoms with Crippen LogP contribution in [0.4, 0.5) is 0 Å². The number of nitrogens with one attached hydrogen (secondary N) is 4. The normalized spacial score (nSPS) is 23.5. The van der Waals surface area contributed by atoms with Gasteiger partial charge in [-0.15, -0.1) is 11.3 Å². The van der Waals surface area contributed by atoms with E-state index in [-0.39, 0.29) is 29.6 Å². The number of hydrogen-bond donors (Lipinski definition) is 4. The highest BCUT2D eigenvalue weighted by atomic mass is 32.1. The molecule has 5 rings (SSSR count). The second-order valence-corrected chi connectivity index (χ2v) is 12.3. The van der Waals surface area contributed by atoms with Crippen molar-refractivity contribution in [3.63, 3.8) is 0 Å². The minimum absolute atomic E-state index is 0.128. The lowest BCUT2D eigenvalue weighted by atomic mass is 10.00. The van der Waals surface area contributed by atoms with Crippen LogP contribution in [0.5, 0.6) is 5.75 Å². The predicted octanol–water partition coefficient (Wildman–Crippen LogP) is 3.58. The minimum Gasteiger partial charge on any atom is -0.492 e. The van der Waals surface area contributed by atoms with E-state index in [0.717, 1.165) is 47.9 Å². The van der Waals surface area contributed by atoms with Crippen molar-refractivity contribution in [3.8, 4) is 5.75 Å². The third-order valence-electron chi connectivity index (χ3n) is 7.87. The Hall–Kier alpha value is -3.43. The number of ether oxygens (including phenoxy) is 1. The SMILES string of the molecule is CC(C)[C@H]1NC(=O)[C@@H](Cc2csc3ccccc23)NCCOc2ccccc2CCCNC(=O)[C@H](C2CC2)NC1=O. The molecule has 4 N–H and O–H groups in total. The summed E-state index contributed by atoms with van der Waals surface area (Å²) in [7, 11) is 0. The number of carbonyl (C=O) groups is 3. The molecule has 41 heavy (non-hydrogen) atoms. The Labute approximate surface area is 245 Å². The van der Waals surface area contributed by atoms with E-state index in [9.17, 15) is 14.4 Å². The summed E-state index contributed by atoms with van der Waals surface area (Å²) in [6.45, 7) is 5.18. The Morgan fingerprint density at radius 2 is 1.71 bits per heavy atom. The molecule has 0 unspecified atom stereocenters. The first kappa shape index (κ1) is 29.1. The molecular formula is C32H40N4O4S. The molecule has 0 saturated heterocycles. The van der Waals surface area contributed by atoms with Crippen LogP contribution in [0.25, 0.3) is 10.1 Å². The van der Waals surface area contributed by atoms with Gasteiger partial charge in [0, 0.05) is 17.8 Å². The zero-order valence-corrected chi connectivity index (χ0v) is 24.6. The molecule has 1 aliphatic heterocycles. The number of fused-ring (bicyclic) bond motifs is 2. The van der Waals surface area contributed by atoms with Gasteiger partial charge in [-0.1, -0.05) is 50.2 Å². The summed E-state index contributed by atoms with van der Waals surface area (Å²) in [5.41, 5.74) is 2.16. The van der Waals surface area contributed by atoms with Crippen molar-refractivity contribution in [2.24, 2.45) is 11.8 Å². The quantitative estimate of drug-likeness (QED) is 0.380. The van der Waals surface area contributed by atoms with E-state index >= 15 is 0 Å². The third kappa shape index (κ3) is 7.45. The molecule has 0 bridgehead atoms. The van der Waals surface area contributed by atoms with Crippen LogP contribution in [0.2, 0.25) is 0 Å². The van der Waals surface area contributed by atoms with Crippen LogP contribution in [0.1, 0.15) is 44.2 Å². The fourth-order valence-electron chi connectivity index (χ4n) is 5.37. The van der Waals surface area contributed by atoms with Crippen LogP contribution in [-0.2, 0) is 27.2 Å². The lowest BCUT2D eigenvalue weighted by molar-refractivity contribution is -0.133. The molecule has 3 aromatic rings. The van der Waals surface area contributed by atoms with Gasteiger partial charge in [-0.2, -0.15) is 0 Å². The van der Waals surface area contributed by atoms with Gasteiger partial charge in [0.25, 0.3) is 0 Å². The monoisotopic (exact) mass is 576 g/mol. The first-order chi connectivity index (χ1) is 19.9. The second-order valence-electron chi connectivity index (χ2n) is 11.4. The maximum atomic E-state index is 13.8. The molecule has 1 aromatic heterocycles. The highest BCUT2D eigenvalue weighted by molar-refractivity contribution is 7.17. The highest BCUT2D eigenvalue weighted by Crippen LogP contribution is 2.33. The van der Waals surface area contributed by atoms with Gasteiger partial charge in [0.1, 0.15) is 24.4 Å². The van der Waals surface area contributed by atoms with E-state index in [4.69, 9.17) is 4.74 Å². The van der Waals surface area contributed by atoms with Gasteiger partial charge >= 0.3 is 0 Å². The number of para-hydroxylation sites is 1. The number of benzene rings is 2. The Morgan fingerprint density at radius 3 is 2.51 bits per heavy atom. The summed E-state index contributed by atoms with van der Waals surface area (Å²) in [4.78, 5) is 40.3. The van der Waals surface area contributed by atoms with Gasteiger partial charge < -0.3 is 26.0 Å². The maximum Gasteiger partial charge on any atom is 0.243 e. The molecule has 9 heteroatoms. The van der Waals surface area contributed by atoms with Gasteiger partial charge in [0.15, 0.2) is 0 Å². The number of hydrogen-bond acceptors (Lipinski definition) is 6. The number of rotatable bonds is 4. The molecule has 2 aliphatic rings. The molecule has 218 valence electrons. The number of carbonyl (C=O) groups excluding carboxylic acids is 3. The Balaban J connectivity index is 1.39. The van der Waals surface area contributed by atoms with E-state index in [0.29, 0.717) is 26.1 Å². The lowest BCUT2D eigenvalue weighted by Gasteiger charge is -2.27. The largest absolute Gasteiger partial charge is 0.492 e. The highest BCUT2D eigenvalue weighted by Gasteiger charge is 2.39. The summed E-state index contributed by atoms with van der Waals surface area (Å²) in [5, 5.41) is 15.6. The Bertz CT molecular complexity index is 1370. The minimum atomic E-state index is -0.762. The van der Waals surface area contributed by atoms with Crippen molar-refractivity contribution in [1.82, 2.24) is 21.3 Å². The Morgan fingerprint density at radius 1 is 0.927 bits per heavy atom. The number of amides is 3. The summed E-state index contributed by atoms with van der Waals surface area (Å²) < 4.78 is 7.31. The summed E-state index contributed by atoms with van der Waals surface area (Å²) in [6.07, 6.45) is 3.81. The molecule has 8 nitrogen and oxygen atoms in total. The molecule has 1 fully saturated rings. The standard InChI is InChI=1S/C32H40N4O4S/c1-20(2)28-32(39)36-29(22-13-14-22)31(38)34-15-7-9-21-8-3-5-11-26(21)40-17-16-33-25(30(37)35-28)18-23-19-41-27-12-6-4-10-24(23)27/h3-6,8,10-12,19-20,22,25,28-29,33H,7,9,13-18H2,1-2H3,(H,34,38)(H,35,37)(H,36,39)/t25-,28-,29+/m1/s1.